The molecule has 0 saturated carbocycles. The molecule has 0 aromatic carbocycles. The van der Waals surface area contributed by atoms with Crippen LogP contribution < -0.4 is 0 Å². The third kappa shape index (κ3) is 4.91. The summed E-state index contributed by atoms with van der Waals surface area (Å²) in [7, 11) is 0. The fraction of sp³-hybridized carbons (Fsp3) is 1.00. The van der Waals surface area contributed by atoms with Gasteiger partial charge in [-0.15, -0.1) is 0 Å². The van der Waals surface area contributed by atoms with E-state index in [2.05, 4.69) is 13.8 Å². The molecular weight excluding hydrogens is 202 g/mol. The van der Waals surface area contributed by atoms with Crippen LogP contribution in [0, 0.1) is 11.8 Å². The predicted octanol–water partition coefficient (Wildman–Crippen LogP) is 3.13. The van der Waals surface area contributed by atoms with Crippen LogP contribution in [0.5, 0.6) is 0 Å². The van der Waals surface area contributed by atoms with E-state index < -0.39 is 13.4 Å². The Hall–Kier alpha value is -0.185. The number of halogens is 3. The maximum Gasteiger partial charge on any atom is 0.492 e. The first-order valence-corrected chi connectivity index (χ1v) is 5.82. The van der Waals surface area contributed by atoms with Crippen molar-refractivity contribution in [3.8, 4) is 0 Å². The monoisotopic (exact) mass is 222 g/mol. The van der Waals surface area contributed by atoms with Crippen molar-refractivity contribution in [2.75, 3.05) is 19.5 Å². The molecule has 0 amide bonds. The van der Waals surface area contributed by atoms with Gasteiger partial charge < -0.3 is 17.8 Å². The van der Waals surface area contributed by atoms with Gasteiger partial charge in [-0.1, -0.05) is 13.8 Å². The Morgan fingerprint density at radius 1 is 1.20 bits per heavy atom. The quantitative estimate of drug-likeness (QED) is 0.663. The zero-order valence-corrected chi connectivity index (χ0v) is 9.56. The molecule has 0 N–H and O–H groups in total. The molecule has 1 unspecified atom stereocenters. The lowest BCUT2D eigenvalue weighted by molar-refractivity contribution is 0.276. The van der Waals surface area contributed by atoms with Crippen molar-refractivity contribution in [2.24, 2.45) is 11.8 Å². The third-order valence-corrected chi connectivity index (χ3v) is 3.27. The maximum atomic E-state index is 12.2. The van der Waals surface area contributed by atoms with Crippen molar-refractivity contribution in [1.29, 1.82) is 0 Å². The largest absolute Gasteiger partial charge is 0.492 e. The van der Waals surface area contributed by atoms with Crippen LogP contribution in [0.1, 0.15) is 33.1 Å². The van der Waals surface area contributed by atoms with E-state index >= 15 is 0 Å². The van der Waals surface area contributed by atoms with E-state index in [0.29, 0.717) is 24.9 Å². The lowest BCUT2D eigenvalue weighted by atomic mass is 9.89. The van der Waals surface area contributed by atoms with Gasteiger partial charge in [0.2, 0.25) is 0 Å². The summed E-state index contributed by atoms with van der Waals surface area (Å²) in [4.78, 5) is 1.57. The normalized spacial score (nSPS) is 25.6. The van der Waals surface area contributed by atoms with Gasteiger partial charge >= 0.3 is 6.98 Å². The van der Waals surface area contributed by atoms with Gasteiger partial charge in [0, 0.05) is 0 Å². The highest BCUT2D eigenvalue weighted by molar-refractivity contribution is 6.58. The molecule has 1 rings (SSSR count). The molecule has 0 radical (unpaired) electrons. The minimum atomic E-state index is -4.65. The SMILES string of the molecule is CC(C)C1CCCN(C[B-](F)(F)F)CC1. The van der Waals surface area contributed by atoms with E-state index in [9.17, 15) is 12.9 Å². The molecule has 1 saturated heterocycles. The number of nitrogens with zero attached hydrogens (tertiary/aromatic N) is 1. The second-order valence-corrected chi connectivity index (χ2v) is 4.95. The minimum Gasteiger partial charge on any atom is -0.448 e. The molecule has 0 bridgehead atoms. The van der Waals surface area contributed by atoms with Crippen LogP contribution >= 0.6 is 0 Å². The van der Waals surface area contributed by atoms with Crippen molar-refractivity contribution < 1.29 is 12.9 Å². The smallest absolute Gasteiger partial charge is 0.448 e. The summed E-state index contributed by atoms with van der Waals surface area (Å²) in [5.74, 6) is 1.21. The van der Waals surface area contributed by atoms with Crippen molar-refractivity contribution in [3.63, 3.8) is 0 Å². The molecule has 1 aliphatic heterocycles. The van der Waals surface area contributed by atoms with Crippen LogP contribution in [-0.2, 0) is 0 Å². The van der Waals surface area contributed by atoms with Crippen LogP contribution in [0.4, 0.5) is 12.9 Å². The summed E-state index contributed by atoms with van der Waals surface area (Å²) >= 11 is 0. The summed E-state index contributed by atoms with van der Waals surface area (Å²) in [5.41, 5.74) is 0. The van der Waals surface area contributed by atoms with Crippen molar-refractivity contribution in [3.05, 3.63) is 0 Å². The summed E-state index contributed by atoms with van der Waals surface area (Å²) in [6.45, 7) is 0.902. The summed E-state index contributed by atoms with van der Waals surface area (Å²) in [6.07, 6.45) is 2.24. The Bertz CT molecular complexity index is 194. The highest BCUT2D eigenvalue weighted by Crippen LogP contribution is 2.25. The van der Waals surface area contributed by atoms with Gasteiger partial charge in [-0.05, 0) is 50.6 Å². The van der Waals surface area contributed by atoms with Gasteiger partial charge in [0.15, 0.2) is 0 Å². The Morgan fingerprint density at radius 3 is 2.40 bits per heavy atom. The first kappa shape index (κ1) is 12.9. The molecule has 1 nitrogen and oxygen atoms in total. The minimum absolute atomic E-state index is 0.598. The highest BCUT2D eigenvalue weighted by atomic mass is 19.4. The summed E-state index contributed by atoms with van der Waals surface area (Å²) in [6, 6.07) is 0. The van der Waals surface area contributed by atoms with Crippen molar-refractivity contribution in [2.45, 2.75) is 33.1 Å². The standard InChI is InChI=1S/C10H20BF3N/c1-9(2)10-4-3-6-15(7-5-10)8-11(12,13)14/h9-10H,3-8H2,1-2H3/q-1. The zero-order chi connectivity index (χ0) is 11.5. The van der Waals surface area contributed by atoms with Crippen LogP contribution in [-0.4, -0.2) is 31.4 Å². The second-order valence-electron chi connectivity index (χ2n) is 4.95. The highest BCUT2D eigenvalue weighted by Gasteiger charge is 2.28. The molecule has 1 aliphatic rings. The Labute approximate surface area is 90.1 Å². The van der Waals surface area contributed by atoms with E-state index in [1.165, 1.54) is 0 Å². The molecule has 1 fully saturated rings. The number of hydrogen-bond acceptors (Lipinski definition) is 1. The number of rotatable bonds is 3. The molecule has 5 heteroatoms. The molecular formula is C10H20BF3N-. The zero-order valence-electron chi connectivity index (χ0n) is 9.56. The number of likely N-dealkylation sites (tertiary alicyclic amines) is 1. The molecule has 0 aliphatic carbocycles. The molecule has 0 spiro atoms. The Morgan fingerprint density at radius 2 is 1.87 bits per heavy atom. The van der Waals surface area contributed by atoms with Gasteiger partial charge in [-0.2, -0.15) is 0 Å². The Balaban J connectivity index is 2.39. The molecule has 1 heterocycles. The van der Waals surface area contributed by atoms with Crippen LogP contribution in [0.2, 0.25) is 0 Å². The molecule has 1 atom stereocenters. The van der Waals surface area contributed by atoms with Gasteiger partial charge in [0.05, 0.1) is 0 Å². The van der Waals surface area contributed by atoms with Gasteiger partial charge in [0.25, 0.3) is 0 Å². The van der Waals surface area contributed by atoms with E-state index in [-0.39, 0.29) is 0 Å². The number of hydrogen-bond donors (Lipinski definition) is 0. The molecule has 0 aromatic rings. The maximum absolute atomic E-state index is 12.2. The van der Waals surface area contributed by atoms with Gasteiger partial charge in [-0.3, -0.25) is 0 Å². The summed E-state index contributed by atoms with van der Waals surface area (Å²) in [5, 5.41) is 0. The summed E-state index contributed by atoms with van der Waals surface area (Å²) < 4.78 is 36.7. The van der Waals surface area contributed by atoms with E-state index in [1.54, 1.807) is 4.90 Å². The predicted molar refractivity (Wildman–Crippen MR) is 57.7 cm³/mol. The lowest BCUT2D eigenvalue weighted by Crippen LogP contribution is -2.38. The average Bonchev–Trinajstić information content (AvgIpc) is 2.26. The third-order valence-electron chi connectivity index (χ3n) is 3.27. The van der Waals surface area contributed by atoms with Crippen molar-refractivity contribution >= 4 is 6.98 Å². The topological polar surface area (TPSA) is 3.24 Å². The first-order chi connectivity index (χ1) is 6.88. The molecule has 15 heavy (non-hydrogen) atoms. The lowest BCUT2D eigenvalue weighted by Gasteiger charge is -2.26. The van der Waals surface area contributed by atoms with Crippen molar-refractivity contribution in [1.82, 2.24) is 4.90 Å². The fourth-order valence-electron chi connectivity index (χ4n) is 2.32. The van der Waals surface area contributed by atoms with Crippen LogP contribution in [0.3, 0.4) is 0 Å². The Kier molecular flexibility index (Phi) is 4.50. The van der Waals surface area contributed by atoms with E-state index in [1.807, 2.05) is 0 Å². The van der Waals surface area contributed by atoms with Gasteiger partial charge in [-0.25, -0.2) is 0 Å². The van der Waals surface area contributed by atoms with E-state index in [0.717, 1.165) is 19.3 Å². The average molecular weight is 222 g/mol. The second kappa shape index (κ2) is 5.24. The van der Waals surface area contributed by atoms with Crippen LogP contribution in [0.15, 0.2) is 0 Å². The van der Waals surface area contributed by atoms with Crippen LogP contribution in [0.25, 0.3) is 0 Å². The van der Waals surface area contributed by atoms with E-state index in [4.69, 9.17) is 0 Å². The first-order valence-electron chi connectivity index (χ1n) is 5.82. The molecule has 0 aromatic heterocycles. The molecule has 90 valence electrons. The fourth-order valence-corrected chi connectivity index (χ4v) is 2.32. The van der Waals surface area contributed by atoms with Gasteiger partial charge in [0.1, 0.15) is 0 Å².